The third kappa shape index (κ3) is 5.58. The van der Waals surface area contributed by atoms with Crippen molar-refractivity contribution >= 4 is 39.9 Å². The maximum absolute atomic E-state index is 15.2. The van der Waals surface area contributed by atoms with Crippen molar-refractivity contribution < 1.29 is 49.6 Å². The molecule has 1 heterocycles. The Balaban J connectivity index is 1.38. The third-order valence-corrected chi connectivity index (χ3v) is 10.8. The molecule has 0 radical (unpaired) electrons. The highest BCUT2D eigenvalue weighted by Gasteiger charge is 2.54. The minimum atomic E-state index is -5.62. The summed E-state index contributed by atoms with van der Waals surface area (Å²) >= 11 is 0. The van der Waals surface area contributed by atoms with Gasteiger partial charge in [-0.3, -0.25) is 9.59 Å². The van der Waals surface area contributed by atoms with Crippen LogP contribution in [0.3, 0.4) is 0 Å². The smallest absolute Gasteiger partial charge is 0.496 e. The molecule has 3 fully saturated rings. The van der Waals surface area contributed by atoms with E-state index in [9.17, 15) is 31.2 Å². The molecule has 1 aliphatic heterocycles. The van der Waals surface area contributed by atoms with E-state index in [1.54, 1.807) is 0 Å². The largest absolute Gasteiger partial charge is 0.501 e. The van der Waals surface area contributed by atoms with E-state index in [-0.39, 0.29) is 34.3 Å². The topological polar surface area (TPSA) is 120 Å². The maximum atomic E-state index is 15.2. The van der Waals surface area contributed by atoms with Crippen LogP contribution < -0.4 is 20.8 Å². The molecule has 2 aliphatic carbocycles. The Labute approximate surface area is 253 Å². The Morgan fingerprint density at radius 1 is 1.02 bits per heavy atom. The highest BCUT2D eigenvalue weighted by Crippen LogP contribution is 2.49. The van der Waals surface area contributed by atoms with Gasteiger partial charge < -0.3 is 24.7 Å². The SMILES string of the molecule is COc1cc(F)c(B2OC(C)(C)C(C)(C)O2)cc1C(=O)N[C@@H]1[C@H]2CC[C@H](C2)[C@@H]1C(=O)Nc1cccc(S(=O)(=O)C(F)(F)F)c1. The average Bonchev–Trinajstić information content (AvgIpc) is 3.59. The van der Waals surface area contributed by atoms with E-state index < -0.39 is 68.2 Å². The predicted octanol–water partition coefficient (Wildman–Crippen LogP) is 4.21. The predicted molar refractivity (Wildman–Crippen MR) is 153 cm³/mol. The van der Waals surface area contributed by atoms with Crippen LogP contribution in [-0.2, 0) is 23.9 Å². The van der Waals surface area contributed by atoms with E-state index in [0.717, 1.165) is 30.7 Å². The lowest BCUT2D eigenvalue weighted by Crippen LogP contribution is -2.48. The van der Waals surface area contributed by atoms with Crippen LogP contribution >= 0.6 is 0 Å². The summed E-state index contributed by atoms with van der Waals surface area (Å²) in [5.41, 5.74) is -7.13. The molecule has 2 bridgehead atoms. The lowest BCUT2D eigenvalue weighted by atomic mass is 9.77. The molecule has 3 aliphatic rings. The van der Waals surface area contributed by atoms with Crippen molar-refractivity contribution in [3.63, 3.8) is 0 Å². The number of hydrogen-bond donors (Lipinski definition) is 2. The second-order valence-electron chi connectivity index (χ2n) is 12.5. The van der Waals surface area contributed by atoms with Gasteiger partial charge in [-0.15, -0.1) is 0 Å². The van der Waals surface area contributed by atoms with Crippen LogP contribution in [-0.4, -0.2) is 57.2 Å². The number of methoxy groups -OCH3 is 1. The molecular weight excluding hydrogens is 607 g/mol. The first-order chi connectivity index (χ1) is 20.4. The zero-order valence-electron chi connectivity index (χ0n) is 24.8. The fraction of sp³-hybridized carbons (Fsp3) is 0.517. The number of hydrogen-bond acceptors (Lipinski definition) is 7. The molecule has 2 N–H and O–H groups in total. The van der Waals surface area contributed by atoms with Gasteiger partial charge in [0.1, 0.15) is 11.6 Å². The van der Waals surface area contributed by atoms with Gasteiger partial charge in [-0.05, 0) is 83.1 Å². The molecule has 2 saturated carbocycles. The van der Waals surface area contributed by atoms with E-state index in [2.05, 4.69) is 10.6 Å². The van der Waals surface area contributed by atoms with Gasteiger partial charge in [0.25, 0.3) is 15.7 Å². The number of rotatable bonds is 7. The zero-order valence-corrected chi connectivity index (χ0v) is 25.6. The number of halogens is 4. The van der Waals surface area contributed by atoms with Gasteiger partial charge in [-0.25, -0.2) is 12.8 Å². The first-order valence-corrected chi connectivity index (χ1v) is 15.6. The van der Waals surface area contributed by atoms with Crippen molar-refractivity contribution in [3.8, 4) is 5.75 Å². The van der Waals surface area contributed by atoms with E-state index in [1.165, 1.54) is 19.2 Å². The normalized spacial score (nSPS) is 25.6. The number of anilines is 1. The Morgan fingerprint density at radius 2 is 1.66 bits per heavy atom. The van der Waals surface area contributed by atoms with Crippen LogP contribution in [0.4, 0.5) is 23.2 Å². The molecule has 9 nitrogen and oxygen atoms in total. The molecule has 0 aromatic heterocycles. The first-order valence-electron chi connectivity index (χ1n) is 14.1. The summed E-state index contributed by atoms with van der Waals surface area (Å²) in [4.78, 5) is 26.1. The number of carbonyl (C=O) groups is 2. The minimum absolute atomic E-state index is 0.00512. The highest BCUT2D eigenvalue weighted by atomic mass is 32.2. The van der Waals surface area contributed by atoms with Gasteiger partial charge in [0.2, 0.25) is 5.91 Å². The van der Waals surface area contributed by atoms with Crippen LogP contribution in [0, 0.1) is 23.6 Å². The standard InChI is InChI=1S/C29H33BF4N2O7S/c1-27(2)28(3,4)43-30(42-27)20-13-19(22(41-5)14-21(20)31)25(37)36-24-16-10-9-15(11-16)23(24)26(38)35-17-7-6-8-18(12-17)44(39,40)29(32,33)34/h6-8,12-16,23-24H,9-11H2,1-5H3,(H,35,38)(H,36,37)/t15-,16+,23+,24-/m1/s1. The zero-order chi connectivity index (χ0) is 32.4. The van der Waals surface area contributed by atoms with Gasteiger partial charge in [-0.2, -0.15) is 13.2 Å². The molecule has 238 valence electrons. The summed E-state index contributed by atoms with van der Waals surface area (Å²) in [5.74, 6) is -2.81. The third-order valence-electron chi connectivity index (χ3n) is 9.30. The molecule has 5 rings (SSSR count). The van der Waals surface area contributed by atoms with Crippen LogP contribution in [0.25, 0.3) is 0 Å². The van der Waals surface area contributed by atoms with Crippen molar-refractivity contribution in [1.29, 1.82) is 0 Å². The van der Waals surface area contributed by atoms with Crippen molar-refractivity contribution in [1.82, 2.24) is 5.32 Å². The van der Waals surface area contributed by atoms with Crippen LogP contribution in [0.5, 0.6) is 5.75 Å². The van der Waals surface area contributed by atoms with Gasteiger partial charge in [0.05, 0.1) is 34.7 Å². The van der Waals surface area contributed by atoms with Crippen molar-refractivity contribution in [2.45, 2.75) is 74.6 Å². The second kappa shape index (κ2) is 11.0. The molecule has 2 aromatic rings. The maximum Gasteiger partial charge on any atom is 0.501 e. The van der Waals surface area contributed by atoms with Crippen LogP contribution in [0.2, 0.25) is 0 Å². The molecule has 2 amide bonds. The number of nitrogens with one attached hydrogen (secondary N) is 2. The van der Waals surface area contributed by atoms with E-state index in [1.807, 2.05) is 27.7 Å². The van der Waals surface area contributed by atoms with Crippen molar-refractivity contribution in [2.24, 2.45) is 17.8 Å². The molecule has 2 aromatic carbocycles. The van der Waals surface area contributed by atoms with Gasteiger partial charge in [0, 0.05) is 23.3 Å². The summed E-state index contributed by atoms with van der Waals surface area (Å²) < 4.78 is 95.4. The fourth-order valence-corrected chi connectivity index (χ4v) is 7.08. The van der Waals surface area contributed by atoms with Crippen LogP contribution in [0.1, 0.15) is 57.3 Å². The summed E-state index contributed by atoms with van der Waals surface area (Å²) in [6.07, 6.45) is 2.10. The fourth-order valence-electron chi connectivity index (χ4n) is 6.27. The summed E-state index contributed by atoms with van der Waals surface area (Å²) in [6.45, 7) is 7.25. The first kappa shape index (κ1) is 32.2. The number of fused-ring (bicyclic) bond motifs is 2. The van der Waals surface area contributed by atoms with Crippen molar-refractivity contribution in [3.05, 3.63) is 47.8 Å². The number of ether oxygens (including phenoxy) is 1. The highest BCUT2D eigenvalue weighted by molar-refractivity contribution is 7.92. The molecule has 1 saturated heterocycles. The van der Waals surface area contributed by atoms with E-state index >= 15 is 4.39 Å². The molecule has 0 unspecified atom stereocenters. The molecular formula is C29H33BF4N2O7S. The molecule has 4 atom stereocenters. The number of sulfone groups is 1. The summed E-state index contributed by atoms with van der Waals surface area (Å²) in [5, 5.41) is 5.45. The number of benzene rings is 2. The monoisotopic (exact) mass is 640 g/mol. The Bertz CT molecular complexity index is 1580. The Hall–Kier alpha value is -3.17. The lowest BCUT2D eigenvalue weighted by Gasteiger charge is -2.32. The summed E-state index contributed by atoms with van der Waals surface area (Å²) in [7, 11) is -5.41. The van der Waals surface area contributed by atoms with Gasteiger partial charge in [-0.1, -0.05) is 6.07 Å². The lowest BCUT2D eigenvalue weighted by molar-refractivity contribution is -0.122. The van der Waals surface area contributed by atoms with Crippen molar-refractivity contribution in [2.75, 3.05) is 12.4 Å². The minimum Gasteiger partial charge on any atom is -0.496 e. The number of amides is 2. The number of alkyl halides is 3. The van der Waals surface area contributed by atoms with E-state index in [4.69, 9.17) is 14.0 Å². The van der Waals surface area contributed by atoms with Gasteiger partial charge >= 0.3 is 12.6 Å². The molecule has 0 spiro atoms. The quantitative estimate of drug-likeness (QED) is 0.344. The second-order valence-corrected chi connectivity index (χ2v) is 14.4. The molecule has 44 heavy (non-hydrogen) atoms. The van der Waals surface area contributed by atoms with Gasteiger partial charge in [0.15, 0.2) is 0 Å². The average molecular weight is 640 g/mol. The Kier molecular flexibility index (Phi) is 8.07. The number of carbonyl (C=O) groups excluding carboxylic acids is 2. The molecule has 15 heteroatoms. The Morgan fingerprint density at radius 3 is 2.27 bits per heavy atom. The van der Waals surface area contributed by atoms with Crippen LogP contribution in [0.15, 0.2) is 41.3 Å². The summed E-state index contributed by atoms with van der Waals surface area (Å²) in [6, 6.07) is 5.68. The van der Waals surface area contributed by atoms with E-state index in [0.29, 0.717) is 12.8 Å².